The van der Waals surface area contributed by atoms with E-state index in [1.807, 2.05) is 24.3 Å². The molecule has 3 aromatic rings. The maximum absolute atomic E-state index is 5.54. The minimum atomic E-state index is 0.552. The number of hydrogen-bond donors (Lipinski definition) is 1. The third kappa shape index (κ3) is 1.32. The average Bonchev–Trinajstić information content (AvgIpc) is 2.74. The highest BCUT2D eigenvalue weighted by atomic mass is 16.3. The molecule has 4 nitrogen and oxygen atoms in total. The molecule has 3 rings (SSSR count). The van der Waals surface area contributed by atoms with Crippen LogP contribution in [0.5, 0.6) is 0 Å². The van der Waals surface area contributed by atoms with Crippen LogP contribution in [-0.4, -0.2) is 9.97 Å². The molecule has 2 aromatic heterocycles. The number of nitrogens with two attached hydrogens (primary N) is 1. The maximum atomic E-state index is 5.54. The quantitative estimate of drug-likeness (QED) is 0.671. The zero-order valence-corrected chi connectivity index (χ0v) is 8.42. The van der Waals surface area contributed by atoms with Crippen molar-refractivity contribution in [2.24, 2.45) is 0 Å². The number of hydrogen-bond acceptors (Lipinski definition) is 4. The highest BCUT2D eigenvalue weighted by Gasteiger charge is 2.09. The van der Waals surface area contributed by atoms with E-state index in [9.17, 15) is 0 Å². The van der Waals surface area contributed by atoms with Crippen LogP contribution in [0.15, 0.2) is 47.3 Å². The third-order valence-corrected chi connectivity index (χ3v) is 2.39. The lowest BCUT2D eigenvalue weighted by Gasteiger charge is -1.96. The number of rotatable bonds is 1. The number of aromatic nitrogens is 2. The van der Waals surface area contributed by atoms with Crippen molar-refractivity contribution in [1.82, 2.24) is 9.97 Å². The van der Waals surface area contributed by atoms with E-state index in [4.69, 9.17) is 10.2 Å². The van der Waals surface area contributed by atoms with Crippen molar-refractivity contribution in [3.05, 3.63) is 42.9 Å². The van der Waals surface area contributed by atoms with Crippen LogP contribution in [0.2, 0.25) is 0 Å². The summed E-state index contributed by atoms with van der Waals surface area (Å²) >= 11 is 0. The molecule has 1 aromatic carbocycles. The number of para-hydroxylation sites is 1. The van der Waals surface area contributed by atoms with Gasteiger partial charge in [-0.3, -0.25) is 0 Å². The van der Waals surface area contributed by atoms with Crippen LogP contribution in [-0.2, 0) is 0 Å². The minimum Gasteiger partial charge on any atom is -0.464 e. The Morgan fingerprint density at radius 1 is 1.06 bits per heavy atom. The fourth-order valence-electron chi connectivity index (χ4n) is 1.63. The summed E-state index contributed by atoms with van der Waals surface area (Å²) in [5, 5.41) is 1.01. The number of anilines is 1. The summed E-state index contributed by atoms with van der Waals surface area (Å²) in [5.41, 5.74) is 7.81. The van der Waals surface area contributed by atoms with Gasteiger partial charge in [0.05, 0.1) is 23.6 Å². The summed E-state index contributed by atoms with van der Waals surface area (Å²) < 4.78 is 5.42. The van der Waals surface area contributed by atoms with Crippen LogP contribution < -0.4 is 5.73 Å². The molecule has 2 heterocycles. The molecule has 0 aliphatic carbocycles. The molecule has 0 atom stereocenters. The first-order valence-electron chi connectivity index (χ1n) is 4.89. The van der Waals surface area contributed by atoms with Crippen molar-refractivity contribution in [3.63, 3.8) is 0 Å². The van der Waals surface area contributed by atoms with E-state index in [2.05, 4.69) is 9.97 Å². The van der Waals surface area contributed by atoms with E-state index >= 15 is 0 Å². The Morgan fingerprint density at radius 2 is 1.81 bits per heavy atom. The van der Waals surface area contributed by atoms with E-state index in [1.165, 1.54) is 0 Å². The predicted octanol–water partition coefficient (Wildman–Crippen LogP) is 2.47. The molecule has 0 unspecified atom stereocenters. The van der Waals surface area contributed by atoms with Gasteiger partial charge in [0.2, 0.25) is 0 Å². The summed E-state index contributed by atoms with van der Waals surface area (Å²) in [6.07, 6.45) is 4.84. The van der Waals surface area contributed by atoms with Gasteiger partial charge in [-0.05, 0) is 6.07 Å². The molecular weight excluding hydrogens is 202 g/mol. The fourth-order valence-corrected chi connectivity index (χ4v) is 1.63. The van der Waals surface area contributed by atoms with Gasteiger partial charge in [-0.1, -0.05) is 18.2 Å². The molecule has 78 valence electrons. The normalized spacial score (nSPS) is 10.8. The van der Waals surface area contributed by atoms with Gasteiger partial charge in [-0.2, -0.15) is 0 Å². The lowest BCUT2D eigenvalue weighted by molar-refractivity contribution is 0.616. The standard InChI is InChI=1S/C12H9N3O/c13-8-5-14-12(15-6-8)10-7-16-11-4-2-1-3-9(10)11/h1-7H,13H2. The Hall–Kier alpha value is -2.36. The topological polar surface area (TPSA) is 64.9 Å². The minimum absolute atomic E-state index is 0.552. The fraction of sp³-hybridized carbons (Fsp3) is 0. The van der Waals surface area contributed by atoms with Crippen LogP contribution in [0.25, 0.3) is 22.4 Å². The van der Waals surface area contributed by atoms with Crippen LogP contribution in [0.1, 0.15) is 0 Å². The summed E-state index contributed by atoms with van der Waals surface area (Å²) in [5.74, 6) is 0.624. The lowest BCUT2D eigenvalue weighted by atomic mass is 10.1. The Kier molecular flexibility index (Phi) is 1.86. The molecule has 0 saturated carbocycles. The molecule has 0 amide bonds. The second kappa shape index (κ2) is 3.34. The smallest absolute Gasteiger partial charge is 0.163 e. The molecule has 16 heavy (non-hydrogen) atoms. The summed E-state index contributed by atoms with van der Waals surface area (Å²) in [4.78, 5) is 8.35. The van der Waals surface area contributed by atoms with Gasteiger partial charge >= 0.3 is 0 Å². The zero-order chi connectivity index (χ0) is 11.0. The summed E-state index contributed by atoms with van der Waals surface area (Å²) in [6.45, 7) is 0. The first-order chi connectivity index (χ1) is 7.84. The maximum Gasteiger partial charge on any atom is 0.163 e. The van der Waals surface area contributed by atoms with Gasteiger partial charge in [0.15, 0.2) is 5.82 Å². The molecule has 0 radical (unpaired) electrons. The molecule has 2 N–H and O–H groups in total. The van der Waals surface area contributed by atoms with Crippen molar-refractivity contribution in [2.75, 3.05) is 5.73 Å². The van der Waals surface area contributed by atoms with Crippen molar-refractivity contribution in [3.8, 4) is 11.4 Å². The Balaban J connectivity index is 2.22. The first-order valence-corrected chi connectivity index (χ1v) is 4.89. The van der Waals surface area contributed by atoms with Crippen LogP contribution in [0.4, 0.5) is 5.69 Å². The average molecular weight is 211 g/mol. The van der Waals surface area contributed by atoms with Crippen molar-refractivity contribution >= 4 is 16.7 Å². The van der Waals surface area contributed by atoms with Crippen molar-refractivity contribution < 1.29 is 4.42 Å². The van der Waals surface area contributed by atoms with Gasteiger partial charge in [0, 0.05) is 5.39 Å². The monoisotopic (exact) mass is 211 g/mol. The van der Waals surface area contributed by atoms with Crippen LogP contribution >= 0.6 is 0 Å². The molecule has 0 saturated heterocycles. The highest BCUT2D eigenvalue weighted by molar-refractivity contribution is 5.91. The summed E-state index contributed by atoms with van der Waals surface area (Å²) in [6, 6.07) is 7.78. The molecular formula is C12H9N3O. The number of nitrogens with zero attached hydrogens (tertiary/aromatic N) is 2. The summed E-state index contributed by atoms with van der Waals surface area (Å²) in [7, 11) is 0. The van der Waals surface area contributed by atoms with Gasteiger partial charge in [-0.15, -0.1) is 0 Å². The van der Waals surface area contributed by atoms with Crippen molar-refractivity contribution in [1.29, 1.82) is 0 Å². The molecule has 0 aliphatic rings. The zero-order valence-electron chi connectivity index (χ0n) is 8.42. The molecule has 4 heteroatoms. The van der Waals surface area contributed by atoms with Gasteiger partial charge in [0.25, 0.3) is 0 Å². The van der Waals surface area contributed by atoms with Gasteiger partial charge in [0.1, 0.15) is 11.8 Å². The first kappa shape index (κ1) is 8.91. The second-order valence-corrected chi connectivity index (χ2v) is 3.49. The Bertz CT molecular complexity index is 628. The number of furan rings is 1. The molecule has 0 aliphatic heterocycles. The van der Waals surface area contributed by atoms with E-state index < -0.39 is 0 Å². The van der Waals surface area contributed by atoms with E-state index in [1.54, 1.807) is 18.7 Å². The SMILES string of the molecule is Nc1cnc(-c2coc3ccccc23)nc1. The second-order valence-electron chi connectivity index (χ2n) is 3.49. The van der Waals surface area contributed by atoms with Gasteiger partial charge < -0.3 is 10.2 Å². The third-order valence-electron chi connectivity index (χ3n) is 2.39. The molecule has 0 bridgehead atoms. The van der Waals surface area contributed by atoms with E-state index in [-0.39, 0.29) is 0 Å². The Morgan fingerprint density at radius 3 is 2.62 bits per heavy atom. The van der Waals surface area contributed by atoms with Gasteiger partial charge in [-0.25, -0.2) is 9.97 Å². The predicted molar refractivity (Wildman–Crippen MR) is 61.7 cm³/mol. The van der Waals surface area contributed by atoms with Crippen LogP contribution in [0, 0.1) is 0 Å². The van der Waals surface area contributed by atoms with E-state index in [0.29, 0.717) is 11.5 Å². The largest absolute Gasteiger partial charge is 0.464 e. The molecule has 0 spiro atoms. The number of fused-ring (bicyclic) bond motifs is 1. The molecule has 0 fully saturated rings. The number of benzene rings is 1. The van der Waals surface area contributed by atoms with E-state index in [0.717, 1.165) is 16.5 Å². The van der Waals surface area contributed by atoms with Crippen molar-refractivity contribution in [2.45, 2.75) is 0 Å². The highest BCUT2D eigenvalue weighted by Crippen LogP contribution is 2.27. The lowest BCUT2D eigenvalue weighted by Crippen LogP contribution is -1.91. The Labute approximate surface area is 91.7 Å². The van der Waals surface area contributed by atoms with Crippen LogP contribution in [0.3, 0.4) is 0 Å². The number of nitrogen functional groups attached to an aromatic ring is 1.